The number of halogens is 2. The third-order valence-corrected chi connectivity index (χ3v) is 5.19. The lowest BCUT2D eigenvalue weighted by Gasteiger charge is -2.23. The number of hydrogen-bond donors (Lipinski definition) is 0. The van der Waals surface area contributed by atoms with Crippen LogP contribution in [0.15, 0.2) is 95.6 Å². The molecule has 0 amide bonds. The Balaban J connectivity index is 1.79. The van der Waals surface area contributed by atoms with Crippen molar-refractivity contribution in [2.24, 2.45) is 4.99 Å². The van der Waals surface area contributed by atoms with Crippen LogP contribution in [0.25, 0.3) is 0 Å². The first-order valence-corrected chi connectivity index (χ1v) is 10.4. The van der Waals surface area contributed by atoms with Gasteiger partial charge in [-0.05, 0) is 42.7 Å². The Morgan fingerprint density at radius 2 is 1.57 bits per heavy atom. The third-order valence-electron chi connectivity index (χ3n) is 4.84. The Bertz CT molecular complexity index is 993. The van der Waals surface area contributed by atoms with E-state index in [1.807, 2.05) is 68.6 Å². The Morgan fingerprint density at radius 1 is 0.900 bits per heavy atom. The van der Waals surface area contributed by atoms with Crippen molar-refractivity contribution in [2.75, 3.05) is 6.54 Å². The first-order chi connectivity index (χ1) is 14.5. The second-order valence-electron chi connectivity index (χ2n) is 7.39. The molecule has 3 rings (SSSR count). The highest BCUT2D eigenvalue weighted by Gasteiger charge is 2.14. The maximum atomic E-state index is 14.4. The largest absolute Gasteiger partial charge is 0.291 e. The minimum atomic E-state index is -0.278. The molecule has 0 aliphatic heterocycles. The third kappa shape index (κ3) is 6.38. The highest BCUT2D eigenvalue weighted by Crippen LogP contribution is 2.22. The summed E-state index contributed by atoms with van der Waals surface area (Å²) in [5.41, 5.74) is 4.84. The summed E-state index contributed by atoms with van der Waals surface area (Å²) in [6.07, 6.45) is 1.89. The van der Waals surface area contributed by atoms with Crippen molar-refractivity contribution in [3.8, 4) is 0 Å². The van der Waals surface area contributed by atoms with Crippen molar-refractivity contribution in [3.63, 3.8) is 0 Å². The fraction of sp³-hybridized carbons (Fsp3) is 0.192. The van der Waals surface area contributed by atoms with Gasteiger partial charge in [-0.1, -0.05) is 78.3 Å². The van der Waals surface area contributed by atoms with Crippen molar-refractivity contribution in [1.29, 1.82) is 0 Å². The fourth-order valence-electron chi connectivity index (χ4n) is 3.27. The maximum Gasteiger partial charge on any atom is 0.129 e. The Hall–Kier alpha value is -2.75. The Morgan fingerprint density at radius 3 is 2.23 bits per heavy atom. The van der Waals surface area contributed by atoms with Gasteiger partial charge in [-0.3, -0.25) is 9.89 Å². The molecule has 0 atom stereocenters. The molecule has 0 aliphatic carbocycles. The number of aliphatic imine (C=N–C) groups is 1. The molecule has 0 N–H and O–H groups in total. The molecule has 0 saturated carbocycles. The molecule has 3 aromatic rings. The maximum absolute atomic E-state index is 14.4. The van der Waals surface area contributed by atoms with Gasteiger partial charge >= 0.3 is 0 Å². The summed E-state index contributed by atoms with van der Waals surface area (Å²) in [4.78, 5) is 6.80. The van der Waals surface area contributed by atoms with E-state index in [9.17, 15) is 4.39 Å². The molecule has 0 spiro atoms. The van der Waals surface area contributed by atoms with E-state index in [1.54, 1.807) is 12.1 Å². The molecule has 0 bridgehead atoms. The molecular formula is C26H26ClFN2. The fourth-order valence-corrected chi connectivity index (χ4v) is 3.49. The van der Waals surface area contributed by atoms with Gasteiger partial charge in [0.25, 0.3) is 0 Å². The van der Waals surface area contributed by atoms with Gasteiger partial charge in [-0.15, -0.1) is 0 Å². The summed E-state index contributed by atoms with van der Waals surface area (Å²) in [5, 5.41) is 0.452. The molecule has 0 saturated heterocycles. The van der Waals surface area contributed by atoms with Crippen LogP contribution in [0.4, 0.5) is 4.39 Å². The number of rotatable bonds is 8. The van der Waals surface area contributed by atoms with Crippen LogP contribution >= 0.6 is 11.6 Å². The van der Waals surface area contributed by atoms with Crippen LogP contribution in [0, 0.1) is 5.82 Å². The van der Waals surface area contributed by atoms with E-state index in [2.05, 4.69) is 22.0 Å². The van der Waals surface area contributed by atoms with E-state index in [0.29, 0.717) is 30.2 Å². The molecule has 154 valence electrons. The van der Waals surface area contributed by atoms with Gasteiger partial charge in [0.05, 0.1) is 0 Å². The summed E-state index contributed by atoms with van der Waals surface area (Å²) in [7, 11) is 0. The van der Waals surface area contributed by atoms with E-state index in [-0.39, 0.29) is 5.82 Å². The van der Waals surface area contributed by atoms with Crippen LogP contribution in [0.2, 0.25) is 5.02 Å². The molecule has 0 radical (unpaired) electrons. The van der Waals surface area contributed by atoms with Crippen molar-refractivity contribution in [1.82, 2.24) is 4.90 Å². The highest BCUT2D eigenvalue weighted by atomic mass is 35.5. The summed E-state index contributed by atoms with van der Waals surface area (Å²) < 4.78 is 14.4. The lowest BCUT2D eigenvalue weighted by molar-refractivity contribution is 0.275. The van der Waals surface area contributed by atoms with Gasteiger partial charge < -0.3 is 0 Å². The average Bonchev–Trinajstić information content (AvgIpc) is 2.76. The number of benzene rings is 3. The van der Waals surface area contributed by atoms with Crippen LogP contribution < -0.4 is 0 Å². The molecule has 3 aromatic carbocycles. The zero-order chi connectivity index (χ0) is 21.3. The lowest BCUT2D eigenvalue weighted by atomic mass is 10.1. The molecule has 0 heterocycles. The second kappa shape index (κ2) is 10.9. The topological polar surface area (TPSA) is 15.6 Å². The van der Waals surface area contributed by atoms with Crippen LogP contribution in [-0.2, 0) is 13.1 Å². The van der Waals surface area contributed by atoms with E-state index < -0.39 is 0 Å². The van der Waals surface area contributed by atoms with Crippen LogP contribution in [0.5, 0.6) is 0 Å². The summed E-state index contributed by atoms with van der Waals surface area (Å²) in [5.74, 6) is -0.278. The Labute approximate surface area is 183 Å². The zero-order valence-corrected chi connectivity index (χ0v) is 18.1. The summed E-state index contributed by atoms with van der Waals surface area (Å²) in [6.45, 7) is 5.82. The normalized spacial score (nSPS) is 12.4. The van der Waals surface area contributed by atoms with Crippen LogP contribution in [0.1, 0.15) is 30.5 Å². The smallest absolute Gasteiger partial charge is 0.129 e. The zero-order valence-electron chi connectivity index (χ0n) is 17.4. The van der Waals surface area contributed by atoms with Crippen LogP contribution in [-0.4, -0.2) is 17.2 Å². The molecular weight excluding hydrogens is 395 g/mol. The molecule has 0 fully saturated rings. The predicted octanol–water partition coefficient (Wildman–Crippen LogP) is 6.89. The van der Waals surface area contributed by atoms with Gasteiger partial charge in [0.2, 0.25) is 0 Å². The predicted molar refractivity (Wildman–Crippen MR) is 124 cm³/mol. The number of hydrogen-bond acceptors (Lipinski definition) is 2. The van der Waals surface area contributed by atoms with Gasteiger partial charge in [-0.2, -0.15) is 0 Å². The van der Waals surface area contributed by atoms with Crippen molar-refractivity contribution >= 4 is 17.3 Å². The second-order valence-corrected chi connectivity index (χ2v) is 7.79. The van der Waals surface area contributed by atoms with E-state index >= 15 is 0 Å². The SMILES string of the molecule is CC(=N/C=C(\C)CN(Cc1ccccc1)Cc1c(F)cccc1Cl)c1ccccc1. The minimum absolute atomic E-state index is 0.278. The van der Waals surface area contributed by atoms with Gasteiger partial charge in [0.15, 0.2) is 0 Å². The van der Waals surface area contributed by atoms with Gasteiger partial charge in [-0.25, -0.2) is 4.39 Å². The van der Waals surface area contributed by atoms with Gasteiger partial charge in [0.1, 0.15) is 5.82 Å². The lowest BCUT2D eigenvalue weighted by Crippen LogP contribution is -2.25. The highest BCUT2D eigenvalue weighted by molar-refractivity contribution is 6.31. The van der Waals surface area contributed by atoms with E-state index in [1.165, 1.54) is 11.6 Å². The van der Waals surface area contributed by atoms with E-state index in [4.69, 9.17) is 11.6 Å². The quantitative estimate of drug-likeness (QED) is 0.362. The standard InChI is InChI=1S/C26H26ClFN2/c1-20(16-29-21(2)23-12-7-4-8-13-23)17-30(18-22-10-5-3-6-11-22)19-24-25(27)14-9-15-26(24)28/h3-16H,17-19H2,1-2H3/b20-16+,29-21?. The first-order valence-electron chi connectivity index (χ1n) is 9.97. The molecule has 0 aliphatic rings. The van der Waals surface area contributed by atoms with Crippen molar-refractivity contribution < 1.29 is 4.39 Å². The summed E-state index contributed by atoms with van der Waals surface area (Å²) >= 11 is 6.28. The number of nitrogens with zero attached hydrogens (tertiary/aromatic N) is 2. The summed E-state index contributed by atoms with van der Waals surface area (Å²) in [6, 6.07) is 25.1. The molecule has 30 heavy (non-hydrogen) atoms. The molecule has 0 aromatic heterocycles. The monoisotopic (exact) mass is 420 g/mol. The first kappa shape index (κ1) is 21.9. The van der Waals surface area contributed by atoms with E-state index in [0.717, 1.165) is 16.8 Å². The molecule has 2 nitrogen and oxygen atoms in total. The molecule has 4 heteroatoms. The minimum Gasteiger partial charge on any atom is -0.291 e. The van der Waals surface area contributed by atoms with Crippen molar-refractivity contribution in [3.05, 3.63) is 118 Å². The Kier molecular flexibility index (Phi) is 7.95. The van der Waals surface area contributed by atoms with Crippen molar-refractivity contribution in [2.45, 2.75) is 26.9 Å². The molecule has 0 unspecified atom stereocenters. The van der Waals surface area contributed by atoms with Crippen LogP contribution in [0.3, 0.4) is 0 Å². The average molecular weight is 421 g/mol. The van der Waals surface area contributed by atoms with Gasteiger partial charge in [0, 0.05) is 42.1 Å².